The van der Waals surface area contributed by atoms with E-state index in [1.807, 2.05) is 56.3 Å². The SMILES string of the molecule is CC(C)C(=O)N(c1ccccc1)c1ccc(Cl)cc1. The third-order valence-corrected chi connectivity index (χ3v) is 3.07. The highest BCUT2D eigenvalue weighted by molar-refractivity contribution is 6.30. The third-order valence-electron chi connectivity index (χ3n) is 2.81. The largest absolute Gasteiger partial charge is 0.281 e. The van der Waals surface area contributed by atoms with Crippen LogP contribution in [-0.2, 0) is 4.79 Å². The Hall–Kier alpha value is -1.80. The summed E-state index contributed by atoms with van der Waals surface area (Å²) < 4.78 is 0. The predicted molar refractivity (Wildman–Crippen MR) is 79.9 cm³/mol. The highest BCUT2D eigenvalue weighted by Gasteiger charge is 2.20. The Morgan fingerprint density at radius 2 is 1.47 bits per heavy atom. The molecule has 0 heterocycles. The smallest absolute Gasteiger partial charge is 0.234 e. The number of rotatable bonds is 3. The second kappa shape index (κ2) is 5.89. The van der Waals surface area contributed by atoms with E-state index in [2.05, 4.69) is 0 Å². The fourth-order valence-electron chi connectivity index (χ4n) is 1.83. The van der Waals surface area contributed by atoms with Gasteiger partial charge in [-0.25, -0.2) is 0 Å². The van der Waals surface area contributed by atoms with Gasteiger partial charge in [-0.2, -0.15) is 0 Å². The monoisotopic (exact) mass is 273 g/mol. The molecule has 2 nitrogen and oxygen atoms in total. The number of carbonyl (C=O) groups excluding carboxylic acids is 1. The first kappa shape index (κ1) is 13.6. The van der Waals surface area contributed by atoms with Gasteiger partial charge >= 0.3 is 0 Å². The average molecular weight is 274 g/mol. The molecule has 0 unspecified atom stereocenters. The van der Waals surface area contributed by atoms with Gasteiger partial charge in [0.2, 0.25) is 5.91 Å². The molecule has 0 aromatic heterocycles. The zero-order valence-electron chi connectivity index (χ0n) is 11.0. The topological polar surface area (TPSA) is 20.3 Å². The van der Waals surface area contributed by atoms with E-state index in [0.717, 1.165) is 11.4 Å². The van der Waals surface area contributed by atoms with Crippen molar-refractivity contribution in [1.29, 1.82) is 0 Å². The van der Waals surface area contributed by atoms with Crippen LogP contribution in [0.2, 0.25) is 5.02 Å². The highest BCUT2D eigenvalue weighted by Crippen LogP contribution is 2.28. The lowest BCUT2D eigenvalue weighted by atomic mass is 10.1. The first-order valence-electron chi connectivity index (χ1n) is 6.24. The molecule has 98 valence electrons. The van der Waals surface area contributed by atoms with Crippen LogP contribution in [0, 0.1) is 5.92 Å². The number of anilines is 2. The summed E-state index contributed by atoms with van der Waals surface area (Å²) >= 11 is 5.90. The highest BCUT2D eigenvalue weighted by atomic mass is 35.5. The number of hydrogen-bond donors (Lipinski definition) is 0. The second-order valence-corrected chi connectivity index (χ2v) is 5.08. The van der Waals surface area contributed by atoms with E-state index >= 15 is 0 Å². The average Bonchev–Trinajstić information content (AvgIpc) is 2.42. The Balaban J connectivity index is 2.46. The summed E-state index contributed by atoms with van der Waals surface area (Å²) in [5.74, 6) is -0.00981. The normalized spacial score (nSPS) is 10.5. The summed E-state index contributed by atoms with van der Waals surface area (Å²) in [6.45, 7) is 3.79. The van der Waals surface area contributed by atoms with Gasteiger partial charge in [-0.15, -0.1) is 0 Å². The molecule has 19 heavy (non-hydrogen) atoms. The van der Waals surface area contributed by atoms with Crippen LogP contribution in [0.25, 0.3) is 0 Å². The molecular weight excluding hydrogens is 258 g/mol. The fourth-order valence-corrected chi connectivity index (χ4v) is 1.95. The van der Waals surface area contributed by atoms with Gasteiger partial charge in [0.1, 0.15) is 0 Å². The minimum atomic E-state index is -0.0733. The molecule has 0 saturated carbocycles. The predicted octanol–water partition coefficient (Wildman–Crippen LogP) is 4.66. The molecular formula is C16H16ClNO. The van der Waals surface area contributed by atoms with Crippen molar-refractivity contribution in [3.63, 3.8) is 0 Å². The molecule has 0 spiro atoms. The van der Waals surface area contributed by atoms with E-state index < -0.39 is 0 Å². The number of nitrogens with zero attached hydrogens (tertiary/aromatic N) is 1. The van der Waals surface area contributed by atoms with Gasteiger partial charge < -0.3 is 0 Å². The summed E-state index contributed by atoms with van der Waals surface area (Å²) in [6, 6.07) is 16.9. The first-order chi connectivity index (χ1) is 9.09. The molecule has 0 bridgehead atoms. The number of carbonyl (C=O) groups is 1. The van der Waals surface area contributed by atoms with Gasteiger partial charge in [-0.1, -0.05) is 43.6 Å². The fraction of sp³-hybridized carbons (Fsp3) is 0.188. The summed E-state index contributed by atoms with van der Waals surface area (Å²) in [4.78, 5) is 14.1. The summed E-state index contributed by atoms with van der Waals surface area (Å²) in [7, 11) is 0. The molecule has 1 amide bonds. The van der Waals surface area contributed by atoms with E-state index in [0.29, 0.717) is 5.02 Å². The van der Waals surface area contributed by atoms with Crippen LogP contribution in [0.4, 0.5) is 11.4 Å². The number of para-hydroxylation sites is 1. The maximum absolute atomic E-state index is 12.4. The van der Waals surface area contributed by atoms with Crippen LogP contribution in [0.15, 0.2) is 54.6 Å². The molecule has 0 saturated heterocycles. The van der Waals surface area contributed by atoms with E-state index in [1.54, 1.807) is 17.0 Å². The molecule has 0 atom stereocenters. The molecule has 0 fully saturated rings. The second-order valence-electron chi connectivity index (χ2n) is 4.64. The van der Waals surface area contributed by atoms with Crippen molar-refractivity contribution in [2.45, 2.75) is 13.8 Å². The van der Waals surface area contributed by atoms with Crippen molar-refractivity contribution in [3.8, 4) is 0 Å². The van der Waals surface area contributed by atoms with Crippen molar-refractivity contribution in [2.24, 2.45) is 5.92 Å². The zero-order chi connectivity index (χ0) is 13.8. The molecule has 2 rings (SSSR count). The minimum Gasteiger partial charge on any atom is -0.281 e. The van der Waals surface area contributed by atoms with E-state index in [-0.39, 0.29) is 11.8 Å². The maximum Gasteiger partial charge on any atom is 0.234 e. The Kier molecular flexibility index (Phi) is 4.23. The van der Waals surface area contributed by atoms with Crippen LogP contribution in [-0.4, -0.2) is 5.91 Å². The molecule has 0 aliphatic heterocycles. The third kappa shape index (κ3) is 3.15. The lowest BCUT2D eigenvalue weighted by molar-refractivity contribution is -0.120. The Morgan fingerprint density at radius 1 is 0.947 bits per heavy atom. The van der Waals surface area contributed by atoms with E-state index in [1.165, 1.54) is 0 Å². The number of benzene rings is 2. The van der Waals surface area contributed by atoms with Crippen molar-refractivity contribution in [1.82, 2.24) is 0 Å². The lowest BCUT2D eigenvalue weighted by Crippen LogP contribution is -2.29. The van der Waals surface area contributed by atoms with Gasteiger partial charge in [-0.3, -0.25) is 9.69 Å². The Morgan fingerprint density at radius 3 is 2.00 bits per heavy atom. The Labute approximate surface area is 118 Å². The summed E-state index contributed by atoms with van der Waals surface area (Å²) in [5, 5.41) is 0.661. The van der Waals surface area contributed by atoms with Gasteiger partial charge in [-0.05, 0) is 36.4 Å². The van der Waals surface area contributed by atoms with Gasteiger partial charge in [0.15, 0.2) is 0 Å². The van der Waals surface area contributed by atoms with Gasteiger partial charge in [0.05, 0.1) is 0 Å². The minimum absolute atomic E-state index is 0.0634. The molecule has 0 N–H and O–H groups in total. The summed E-state index contributed by atoms with van der Waals surface area (Å²) in [6.07, 6.45) is 0. The van der Waals surface area contributed by atoms with Crippen molar-refractivity contribution >= 4 is 28.9 Å². The first-order valence-corrected chi connectivity index (χ1v) is 6.62. The van der Waals surface area contributed by atoms with Crippen LogP contribution in [0.1, 0.15) is 13.8 Å². The summed E-state index contributed by atoms with van der Waals surface area (Å²) in [5.41, 5.74) is 1.69. The van der Waals surface area contributed by atoms with Crippen LogP contribution < -0.4 is 4.90 Å². The van der Waals surface area contributed by atoms with E-state index in [4.69, 9.17) is 11.6 Å². The quantitative estimate of drug-likeness (QED) is 0.796. The van der Waals surface area contributed by atoms with Crippen LogP contribution in [0.3, 0.4) is 0 Å². The number of amides is 1. The van der Waals surface area contributed by atoms with Gasteiger partial charge in [0.25, 0.3) is 0 Å². The van der Waals surface area contributed by atoms with Crippen molar-refractivity contribution < 1.29 is 4.79 Å². The van der Waals surface area contributed by atoms with Gasteiger partial charge in [0, 0.05) is 22.3 Å². The maximum atomic E-state index is 12.4. The number of hydrogen-bond acceptors (Lipinski definition) is 1. The molecule has 0 aliphatic rings. The Bertz CT molecular complexity index is 549. The van der Waals surface area contributed by atoms with E-state index in [9.17, 15) is 4.79 Å². The lowest BCUT2D eigenvalue weighted by Gasteiger charge is -2.24. The van der Waals surface area contributed by atoms with Crippen molar-refractivity contribution in [3.05, 3.63) is 59.6 Å². The molecule has 3 heteroatoms. The van der Waals surface area contributed by atoms with Crippen LogP contribution >= 0.6 is 11.6 Å². The van der Waals surface area contributed by atoms with Crippen LogP contribution in [0.5, 0.6) is 0 Å². The molecule has 0 radical (unpaired) electrons. The standard InChI is InChI=1S/C16H16ClNO/c1-12(2)16(19)18(14-6-4-3-5-7-14)15-10-8-13(17)9-11-15/h3-12H,1-2H3. The number of halogens is 1. The zero-order valence-corrected chi connectivity index (χ0v) is 11.8. The molecule has 2 aromatic carbocycles. The molecule has 0 aliphatic carbocycles. The molecule has 2 aromatic rings. The van der Waals surface area contributed by atoms with Crippen molar-refractivity contribution in [2.75, 3.05) is 4.90 Å².